The van der Waals surface area contributed by atoms with Gasteiger partial charge in [0, 0.05) is 5.56 Å². The third-order valence-corrected chi connectivity index (χ3v) is 1.69. The number of amides is 1. The van der Waals surface area contributed by atoms with E-state index >= 15 is 0 Å². The van der Waals surface area contributed by atoms with Crippen molar-refractivity contribution in [3.8, 4) is 0 Å². The monoisotopic (exact) mass is 235 g/mol. The molecular formula is C8H8ClF2N3O. The second-order valence-corrected chi connectivity index (χ2v) is 3.09. The van der Waals surface area contributed by atoms with Crippen LogP contribution >= 0.6 is 11.6 Å². The first-order valence-corrected chi connectivity index (χ1v) is 4.36. The summed E-state index contributed by atoms with van der Waals surface area (Å²) in [5.41, 5.74) is 5.43. The van der Waals surface area contributed by atoms with E-state index in [0.717, 1.165) is 0 Å². The average Bonchev–Trinajstić information content (AvgIpc) is 2.12. The number of alkyl halides is 2. The van der Waals surface area contributed by atoms with Gasteiger partial charge in [-0.2, -0.15) is 0 Å². The third-order valence-electron chi connectivity index (χ3n) is 1.49. The van der Waals surface area contributed by atoms with Gasteiger partial charge in [0.25, 0.3) is 12.3 Å². The van der Waals surface area contributed by atoms with Crippen LogP contribution in [0.15, 0.2) is 12.1 Å². The van der Waals surface area contributed by atoms with Crippen molar-refractivity contribution in [2.75, 3.05) is 12.3 Å². The highest BCUT2D eigenvalue weighted by Gasteiger charge is 2.10. The van der Waals surface area contributed by atoms with E-state index in [1.54, 1.807) is 0 Å². The number of hydrogen-bond donors (Lipinski definition) is 2. The predicted octanol–water partition coefficient (Wildman–Crippen LogP) is 1.31. The fraction of sp³-hybridized carbons (Fsp3) is 0.250. The van der Waals surface area contributed by atoms with Crippen LogP contribution in [0.25, 0.3) is 0 Å². The zero-order valence-corrected chi connectivity index (χ0v) is 8.26. The standard InChI is InChI=1S/C8H8ClF2N3O/c9-5-1-4(2-7(12)14-5)8(15)13-3-6(10)11/h1-2,6H,3H2,(H2,12,14)(H,13,15). The quantitative estimate of drug-likeness (QED) is 0.777. The lowest BCUT2D eigenvalue weighted by molar-refractivity contribution is 0.0891. The molecule has 0 fully saturated rings. The van der Waals surface area contributed by atoms with E-state index in [9.17, 15) is 13.6 Å². The maximum Gasteiger partial charge on any atom is 0.255 e. The maximum atomic E-state index is 11.8. The molecule has 15 heavy (non-hydrogen) atoms. The van der Waals surface area contributed by atoms with E-state index in [2.05, 4.69) is 4.98 Å². The molecule has 3 N–H and O–H groups in total. The Morgan fingerprint density at radius 1 is 1.60 bits per heavy atom. The van der Waals surface area contributed by atoms with Crippen LogP contribution in [-0.4, -0.2) is 23.9 Å². The van der Waals surface area contributed by atoms with Gasteiger partial charge in [0.2, 0.25) is 0 Å². The molecule has 1 aromatic rings. The zero-order chi connectivity index (χ0) is 11.4. The summed E-state index contributed by atoms with van der Waals surface area (Å²) in [7, 11) is 0. The van der Waals surface area contributed by atoms with Gasteiger partial charge >= 0.3 is 0 Å². The number of nitrogens with two attached hydrogens (primary N) is 1. The lowest BCUT2D eigenvalue weighted by atomic mass is 10.2. The molecule has 0 saturated carbocycles. The molecule has 0 atom stereocenters. The van der Waals surface area contributed by atoms with Crippen molar-refractivity contribution in [2.24, 2.45) is 0 Å². The molecule has 0 aliphatic heterocycles. The minimum absolute atomic E-state index is 0.0391. The van der Waals surface area contributed by atoms with Gasteiger partial charge in [0.05, 0.1) is 6.54 Å². The van der Waals surface area contributed by atoms with Crippen molar-refractivity contribution in [3.05, 3.63) is 22.8 Å². The number of halogens is 3. The molecule has 0 aromatic carbocycles. The maximum absolute atomic E-state index is 11.8. The predicted molar refractivity (Wildman–Crippen MR) is 52.0 cm³/mol. The number of nitrogens with zero attached hydrogens (tertiary/aromatic N) is 1. The number of nitrogen functional groups attached to an aromatic ring is 1. The molecule has 0 radical (unpaired) electrons. The average molecular weight is 236 g/mol. The van der Waals surface area contributed by atoms with Crippen molar-refractivity contribution in [1.29, 1.82) is 0 Å². The van der Waals surface area contributed by atoms with Crippen LogP contribution in [0.3, 0.4) is 0 Å². The van der Waals surface area contributed by atoms with Crippen LogP contribution in [0.4, 0.5) is 14.6 Å². The van der Waals surface area contributed by atoms with Gasteiger partial charge in [-0.15, -0.1) is 0 Å². The van der Waals surface area contributed by atoms with Crippen LogP contribution in [0.2, 0.25) is 5.15 Å². The summed E-state index contributed by atoms with van der Waals surface area (Å²) >= 11 is 5.54. The van der Waals surface area contributed by atoms with Crippen LogP contribution in [0, 0.1) is 0 Å². The van der Waals surface area contributed by atoms with E-state index in [1.165, 1.54) is 12.1 Å². The largest absolute Gasteiger partial charge is 0.384 e. The van der Waals surface area contributed by atoms with Gasteiger partial charge < -0.3 is 11.1 Å². The van der Waals surface area contributed by atoms with Gasteiger partial charge in [-0.05, 0) is 12.1 Å². The molecule has 0 saturated heterocycles. The Bertz CT molecular complexity index is 353. The van der Waals surface area contributed by atoms with Gasteiger partial charge in [-0.3, -0.25) is 4.79 Å². The zero-order valence-electron chi connectivity index (χ0n) is 7.51. The number of rotatable bonds is 3. The van der Waals surface area contributed by atoms with Crippen LogP contribution in [-0.2, 0) is 0 Å². The Kier molecular flexibility index (Phi) is 3.79. The van der Waals surface area contributed by atoms with Crippen molar-refractivity contribution >= 4 is 23.3 Å². The van der Waals surface area contributed by atoms with Gasteiger partial charge in [0.1, 0.15) is 11.0 Å². The second-order valence-electron chi connectivity index (χ2n) is 2.70. The van der Waals surface area contributed by atoms with Crippen molar-refractivity contribution in [3.63, 3.8) is 0 Å². The Morgan fingerprint density at radius 3 is 2.80 bits per heavy atom. The van der Waals surface area contributed by atoms with Gasteiger partial charge in [-0.1, -0.05) is 11.6 Å². The van der Waals surface area contributed by atoms with Crippen LogP contribution in [0.5, 0.6) is 0 Å². The second kappa shape index (κ2) is 4.88. The van der Waals surface area contributed by atoms with E-state index < -0.39 is 18.9 Å². The molecule has 1 amide bonds. The molecule has 0 aliphatic rings. The summed E-state index contributed by atoms with van der Waals surface area (Å²) in [6.07, 6.45) is -2.59. The fourth-order valence-electron chi connectivity index (χ4n) is 0.920. The molecule has 1 heterocycles. The minimum atomic E-state index is -2.59. The topological polar surface area (TPSA) is 68.0 Å². The Balaban J connectivity index is 2.73. The SMILES string of the molecule is Nc1cc(C(=O)NCC(F)F)cc(Cl)n1. The van der Waals surface area contributed by atoms with Crippen molar-refractivity contribution < 1.29 is 13.6 Å². The first kappa shape index (κ1) is 11.6. The summed E-state index contributed by atoms with van der Waals surface area (Å²) in [5, 5.41) is 2.06. The van der Waals surface area contributed by atoms with Crippen molar-refractivity contribution in [2.45, 2.75) is 6.43 Å². The highest BCUT2D eigenvalue weighted by Crippen LogP contribution is 2.11. The first-order valence-electron chi connectivity index (χ1n) is 3.98. The van der Waals surface area contributed by atoms with E-state index in [1.807, 2.05) is 5.32 Å². The molecule has 0 bridgehead atoms. The summed E-state index contributed by atoms with van der Waals surface area (Å²) in [5.74, 6) is -0.601. The lowest BCUT2D eigenvalue weighted by Crippen LogP contribution is -2.28. The summed E-state index contributed by atoms with van der Waals surface area (Å²) in [6.45, 7) is -0.710. The molecule has 1 rings (SSSR count). The number of pyridine rings is 1. The van der Waals surface area contributed by atoms with Gasteiger partial charge in [-0.25, -0.2) is 13.8 Å². The molecule has 0 spiro atoms. The summed E-state index contributed by atoms with van der Waals surface area (Å²) in [6, 6.07) is 2.51. The molecule has 0 aliphatic carbocycles. The molecule has 1 aromatic heterocycles. The fourth-order valence-corrected chi connectivity index (χ4v) is 1.14. The lowest BCUT2D eigenvalue weighted by Gasteiger charge is -2.05. The Labute approximate surface area is 89.4 Å². The van der Waals surface area contributed by atoms with Crippen LogP contribution < -0.4 is 11.1 Å². The number of nitrogens with one attached hydrogen (secondary N) is 1. The third kappa shape index (κ3) is 3.67. The number of carbonyl (C=O) groups is 1. The number of carbonyl (C=O) groups excluding carboxylic acids is 1. The highest BCUT2D eigenvalue weighted by molar-refractivity contribution is 6.29. The summed E-state index contributed by atoms with van der Waals surface area (Å²) in [4.78, 5) is 14.9. The Hall–Kier alpha value is -1.43. The molecule has 4 nitrogen and oxygen atoms in total. The molecule has 82 valence electrons. The van der Waals surface area contributed by atoms with Crippen LogP contribution in [0.1, 0.15) is 10.4 Å². The number of anilines is 1. The number of aromatic nitrogens is 1. The van der Waals surface area contributed by atoms with E-state index in [-0.39, 0.29) is 16.5 Å². The minimum Gasteiger partial charge on any atom is -0.384 e. The molecule has 7 heteroatoms. The smallest absolute Gasteiger partial charge is 0.255 e. The van der Waals surface area contributed by atoms with E-state index in [4.69, 9.17) is 17.3 Å². The first-order chi connectivity index (χ1) is 6.99. The van der Waals surface area contributed by atoms with E-state index in [0.29, 0.717) is 0 Å². The highest BCUT2D eigenvalue weighted by atomic mass is 35.5. The van der Waals surface area contributed by atoms with Crippen molar-refractivity contribution in [1.82, 2.24) is 10.3 Å². The molecule has 0 unspecified atom stereocenters. The summed E-state index contributed by atoms with van der Waals surface area (Å²) < 4.78 is 23.6. The number of hydrogen-bond acceptors (Lipinski definition) is 3. The normalized spacial score (nSPS) is 10.4. The molecular weight excluding hydrogens is 228 g/mol. The Morgan fingerprint density at radius 2 is 2.27 bits per heavy atom. The van der Waals surface area contributed by atoms with Gasteiger partial charge in [0.15, 0.2) is 0 Å².